The molecule has 0 bridgehead atoms. The van der Waals surface area contributed by atoms with Crippen molar-refractivity contribution in [1.29, 1.82) is 0 Å². The summed E-state index contributed by atoms with van der Waals surface area (Å²) in [5.74, 6) is -0.426. The molecule has 0 saturated carbocycles. The van der Waals surface area contributed by atoms with Gasteiger partial charge >= 0.3 is 0 Å². The molecule has 86 valence electrons. The van der Waals surface area contributed by atoms with Gasteiger partial charge in [0.15, 0.2) is 0 Å². The molecule has 17 heavy (non-hydrogen) atoms. The molecule has 1 heterocycles. The number of amides is 1. The van der Waals surface area contributed by atoms with Crippen molar-refractivity contribution in [3.05, 3.63) is 47.4 Å². The van der Waals surface area contributed by atoms with Crippen LogP contribution in [0.3, 0.4) is 0 Å². The van der Waals surface area contributed by atoms with E-state index in [0.717, 1.165) is 22.5 Å². The number of nitrogens with two attached hydrogens (primary N) is 1. The van der Waals surface area contributed by atoms with Gasteiger partial charge in [0.25, 0.3) is 0 Å². The van der Waals surface area contributed by atoms with Gasteiger partial charge in [-0.1, -0.05) is 12.1 Å². The molecule has 0 aliphatic heterocycles. The zero-order chi connectivity index (χ0) is 12.4. The number of nitrogens with zero attached hydrogens (tertiary/aromatic N) is 2. The Kier molecular flexibility index (Phi) is 2.87. The summed E-state index contributed by atoms with van der Waals surface area (Å²) in [4.78, 5) is 19.7. The van der Waals surface area contributed by atoms with E-state index in [1.807, 2.05) is 26.0 Å². The van der Waals surface area contributed by atoms with E-state index in [9.17, 15) is 4.79 Å². The van der Waals surface area contributed by atoms with Crippen molar-refractivity contribution in [2.45, 2.75) is 13.8 Å². The average Bonchev–Trinajstić information content (AvgIpc) is 2.30. The van der Waals surface area contributed by atoms with E-state index in [1.54, 1.807) is 18.5 Å². The van der Waals surface area contributed by atoms with Crippen LogP contribution in [0.5, 0.6) is 0 Å². The van der Waals surface area contributed by atoms with Crippen LogP contribution in [0.15, 0.2) is 30.6 Å². The highest BCUT2D eigenvalue weighted by Gasteiger charge is 2.07. The molecule has 0 saturated heterocycles. The Balaban J connectivity index is 2.50. The molecular weight excluding hydrogens is 214 g/mol. The first-order valence-corrected chi connectivity index (χ1v) is 5.27. The molecule has 0 radical (unpaired) electrons. The zero-order valence-electron chi connectivity index (χ0n) is 9.77. The quantitative estimate of drug-likeness (QED) is 0.851. The number of primary amides is 1. The van der Waals surface area contributed by atoms with Crippen LogP contribution in [-0.2, 0) is 0 Å². The molecular formula is C13H13N3O. The van der Waals surface area contributed by atoms with Crippen LogP contribution in [0.2, 0.25) is 0 Å². The predicted octanol–water partition coefficient (Wildman–Crippen LogP) is 1.86. The fourth-order valence-corrected chi connectivity index (χ4v) is 1.59. The Morgan fingerprint density at radius 3 is 2.53 bits per heavy atom. The predicted molar refractivity (Wildman–Crippen MR) is 65.5 cm³/mol. The van der Waals surface area contributed by atoms with Gasteiger partial charge in [0.2, 0.25) is 5.91 Å². The van der Waals surface area contributed by atoms with Crippen LogP contribution in [0, 0.1) is 13.8 Å². The molecule has 1 aromatic heterocycles. The van der Waals surface area contributed by atoms with Gasteiger partial charge in [-0.15, -0.1) is 0 Å². The lowest BCUT2D eigenvalue weighted by molar-refractivity contribution is 0.1000. The third-order valence-corrected chi connectivity index (χ3v) is 2.58. The number of benzene rings is 1. The maximum atomic E-state index is 11.2. The molecule has 0 aliphatic carbocycles. The number of aromatic nitrogens is 2. The number of carbonyl (C=O) groups is 1. The first-order chi connectivity index (χ1) is 8.08. The van der Waals surface area contributed by atoms with Crippen LogP contribution >= 0.6 is 0 Å². The molecule has 0 fully saturated rings. The summed E-state index contributed by atoms with van der Waals surface area (Å²) in [7, 11) is 0. The van der Waals surface area contributed by atoms with Gasteiger partial charge in [0, 0.05) is 17.3 Å². The first kappa shape index (κ1) is 11.3. The second-order valence-electron chi connectivity index (χ2n) is 3.94. The smallest absolute Gasteiger partial charge is 0.248 e. The molecule has 2 N–H and O–H groups in total. The van der Waals surface area contributed by atoms with Crippen molar-refractivity contribution >= 4 is 5.91 Å². The van der Waals surface area contributed by atoms with Crippen LogP contribution in [0.1, 0.15) is 21.6 Å². The van der Waals surface area contributed by atoms with Crippen molar-refractivity contribution in [1.82, 2.24) is 9.97 Å². The van der Waals surface area contributed by atoms with Gasteiger partial charge in [-0.05, 0) is 25.5 Å². The van der Waals surface area contributed by atoms with Gasteiger partial charge < -0.3 is 5.73 Å². The Morgan fingerprint density at radius 2 is 1.94 bits per heavy atom. The van der Waals surface area contributed by atoms with Gasteiger partial charge in [-0.25, -0.2) is 0 Å². The summed E-state index contributed by atoms with van der Waals surface area (Å²) in [6, 6.07) is 5.51. The molecule has 0 unspecified atom stereocenters. The van der Waals surface area contributed by atoms with Gasteiger partial charge in [0.1, 0.15) is 0 Å². The molecule has 2 aromatic rings. The second kappa shape index (κ2) is 4.33. The maximum Gasteiger partial charge on any atom is 0.248 e. The van der Waals surface area contributed by atoms with Gasteiger partial charge in [0.05, 0.1) is 17.6 Å². The van der Waals surface area contributed by atoms with E-state index in [-0.39, 0.29) is 0 Å². The molecule has 1 amide bonds. The third-order valence-electron chi connectivity index (χ3n) is 2.58. The Bertz CT molecular complexity index is 561. The van der Waals surface area contributed by atoms with Crippen molar-refractivity contribution in [2.75, 3.05) is 0 Å². The number of rotatable bonds is 2. The van der Waals surface area contributed by atoms with Gasteiger partial charge in [-0.2, -0.15) is 0 Å². The summed E-state index contributed by atoms with van der Waals surface area (Å²) in [6.45, 7) is 3.73. The number of aryl methyl sites for hydroxylation is 2. The molecule has 0 spiro atoms. The average molecular weight is 227 g/mol. The monoisotopic (exact) mass is 227 g/mol. The Labute approximate surface area is 99.5 Å². The van der Waals surface area contributed by atoms with Gasteiger partial charge in [-0.3, -0.25) is 14.8 Å². The second-order valence-corrected chi connectivity index (χ2v) is 3.94. The minimum atomic E-state index is -0.426. The molecule has 0 atom stereocenters. The van der Waals surface area contributed by atoms with E-state index < -0.39 is 5.91 Å². The maximum absolute atomic E-state index is 11.2. The molecule has 2 rings (SSSR count). The van der Waals surface area contributed by atoms with Crippen molar-refractivity contribution in [3.63, 3.8) is 0 Å². The molecule has 4 nitrogen and oxygen atoms in total. The van der Waals surface area contributed by atoms with Crippen molar-refractivity contribution in [2.24, 2.45) is 5.73 Å². The Morgan fingerprint density at radius 1 is 1.18 bits per heavy atom. The summed E-state index contributed by atoms with van der Waals surface area (Å²) in [5, 5.41) is 0. The van der Waals surface area contributed by atoms with E-state index in [4.69, 9.17) is 5.73 Å². The van der Waals surface area contributed by atoms with E-state index >= 15 is 0 Å². The lowest BCUT2D eigenvalue weighted by Gasteiger charge is -2.05. The van der Waals surface area contributed by atoms with Crippen molar-refractivity contribution in [3.8, 4) is 11.3 Å². The third kappa shape index (κ3) is 2.30. The number of hydrogen-bond donors (Lipinski definition) is 1. The molecule has 4 heteroatoms. The highest BCUT2D eigenvalue weighted by Crippen LogP contribution is 2.19. The largest absolute Gasteiger partial charge is 0.366 e. The van der Waals surface area contributed by atoms with E-state index in [1.165, 1.54) is 0 Å². The highest BCUT2D eigenvalue weighted by molar-refractivity contribution is 5.95. The number of hydrogen-bond acceptors (Lipinski definition) is 3. The fraction of sp³-hybridized carbons (Fsp3) is 0.154. The van der Waals surface area contributed by atoms with Crippen LogP contribution in [0.4, 0.5) is 0 Å². The summed E-state index contributed by atoms with van der Waals surface area (Å²) >= 11 is 0. The lowest BCUT2D eigenvalue weighted by Crippen LogP contribution is -2.12. The van der Waals surface area contributed by atoms with Crippen molar-refractivity contribution < 1.29 is 4.79 Å². The number of carbonyl (C=O) groups excluding carboxylic acids is 1. The minimum Gasteiger partial charge on any atom is -0.366 e. The summed E-state index contributed by atoms with van der Waals surface area (Å²) < 4.78 is 0. The highest BCUT2D eigenvalue weighted by atomic mass is 16.1. The summed E-state index contributed by atoms with van der Waals surface area (Å²) in [6.07, 6.45) is 3.38. The van der Waals surface area contributed by atoms with E-state index in [0.29, 0.717) is 5.56 Å². The molecule has 1 aromatic carbocycles. The topological polar surface area (TPSA) is 68.9 Å². The SMILES string of the molecule is Cc1cnc(-c2ccc(C)c(C(N)=O)c2)cn1. The van der Waals surface area contributed by atoms with E-state index in [2.05, 4.69) is 9.97 Å². The van der Waals surface area contributed by atoms with Crippen LogP contribution in [-0.4, -0.2) is 15.9 Å². The van der Waals surface area contributed by atoms with Crippen LogP contribution < -0.4 is 5.73 Å². The standard InChI is InChI=1S/C13H13N3O/c1-8-3-4-10(5-11(8)13(14)17)12-7-15-9(2)6-16-12/h3-7H,1-2H3,(H2,14,17). The minimum absolute atomic E-state index is 0.426. The summed E-state index contributed by atoms with van der Waals surface area (Å²) in [5.41, 5.74) is 9.13. The fourth-order valence-electron chi connectivity index (χ4n) is 1.59. The first-order valence-electron chi connectivity index (χ1n) is 5.27. The Hall–Kier alpha value is -2.23. The van der Waals surface area contributed by atoms with Crippen LogP contribution in [0.25, 0.3) is 11.3 Å². The zero-order valence-corrected chi connectivity index (χ0v) is 9.77. The normalized spacial score (nSPS) is 10.2. The lowest BCUT2D eigenvalue weighted by atomic mass is 10.0. The molecule has 0 aliphatic rings.